The zero-order valence-corrected chi connectivity index (χ0v) is 11.8. The predicted molar refractivity (Wildman–Crippen MR) is 74.2 cm³/mol. The summed E-state index contributed by atoms with van der Waals surface area (Å²) in [7, 11) is 0. The van der Waals surface area contributed by atoms with Crippen molar-refractivity contribution in [3.8, 4) is 0 Å². The Morgan fingerprint density at radius 3 is 2.95 bits per heavy atom. The quantitative estimate of drug-likeness (QED) is 0.750. The molecular formula is C14H21N3O3. The van der Waals surface area contributed by atoms with Crippen LogP contribution in [-0.4, -0.2) is 37.0 Å². The lowest BCUT2D eigenvalue weighted by Crippen LogP contribution is -2.53. The second kappa shape index (κ2) is 6.56. The monoisotopic (exact) mass is 279 g/mol. The van der Waals surface area contributed by atoms with Gasteiger partial charge in [0.25, 0.3) is 5.91 Å². The Balaban J connectivity index is 1.84. The highest BCUT2D eigenvalue weighted by atomic mass is 16.3. The minimum Gasteiger partial charge on any atom is -0.472 e. The van der Waals surface area contributed by atoms with E-state index in [9.17, 15) is 9.59 Å². The molecule has 0 radical (unpaired) electrons. The SMILES string of the molecule is CC(NC(=O)c1ccoc1)C(=O)NC1CCNCC1C. The summed E-state index contributed by atoms with van der Waals surface area (Å²) in [4.78, 5) is 23.9. The van der Waals surface area contributed by atoms with Crippen LogP contribution in [0.3, 0.4) is 0 Å². The highest BCUT2D eigenvalue weighted by Gasteiger charge is 2.25. The molecule has 1 aromatic heterocycles. The van der Waals surface area contributed by atoms with Gasteiger partial charge in [0.1, 0.15) is 12.3 Å². The lowest BCUT2D eigenvalue weighted by atomic mass is 9.95. The van der Waals surface area contributed by atoms with Gasteiger partial charge in [-0.25, -0.2) is 0 Å². The van der Waals surface area contributed by atoms with Crippen molar-refractivity contribution in [2.45, 2.75) is 32.4 Å². The maximum atomic E-state index is 12.1. The van der Waals surface area contributed by atoms with Crippen LogP contribution in [0.2, 0.25) is 0 Å². The molecule has 1 fully saturated rings. The second-order valence-corrected chi connectivity index (χ2v) is 5.29. The van der Waals surface area contributed by atoms with Gasteiger partial charge in [0.15, 0.2) is 0 Å². The number of hydrogen-bond acceptors (Lipinski definition) is 4. The maximum absolute atomic E-state index is 12.1. The van der Waals surface area contributed by atoms with Gasteiger partial charge in [0.2, 0.25) is 5.91 Å². The minimum absolute atomic E-state index is 0.152. The summed E-state index contributed by atoms with van der Waals surface area (Å²) in [5.74, 6) is -0.0650. The van der Waals surface area contributed by atoms with Gasteiger partial charge >= 0.3 is 0 Å². The van der Waals surface area contributed by atoms with E-state index in [1.807, 2.05) is 0 Å². The van der Waals surface area contributed by atoms with Gasteiger partial charge in [0, 0.05) is 6.04 Å². The van der Waals surface area contributed by atoms with Gasteiger partial charge in [-0.05, 0) is 38.4 Å². The van der Waals surface area contributed by atoms with Crippen molar-refractivity contribution in [2.24, 2.45) is 5.92 Å². The van der Waals surface area contributed by atoms with Crippen molar-refractivity contribution in [1.82, 2.24) is 16.0 Å². The Kier molecular flexibility index (Phi) is 4.79. The first-order valence-electron chi connectivity index (χ1n) is 6.92. The third-order valence-corrected chi connectivity index (χ3v) is 3.64. The Labute approximate surface area is 118 Å². The van der Waals surface area contributed by atoms with Crippen LogP contribution in [0.25, 0.3) is 0 Å². The van der Waals surface area contributed by atoms with Gasteiger partial charge in [-0.2, -0.15) is 0 Å². The minimum atomic E-state index is -0.570. The molecule has 0 aromatic carbocycles. The molecule has 1 saturated heterocycles. The highest BCUT2D eigenvalue weighted by molar-refractivity contribution is 5.97. The smallest absolute Gasteiger partial charge is 0.255 e. The summed E-state index contributed by atoms with van der Waals surface area (Å²) in [6.45, 7) is 5.59. The fraction of sp³-hybridized carbons (Fsp3) is 0.571. The number of carbonyl (C=O) groups excluding carboxylic acids is 2. The van der Waals surface area contributed by atoms with Crippen LogP contribution in [0.1, 0.15) is 30.6 Å². The Morgan fingerprint density at radius 1 is 1.50 bits per heavy atom. The summed E-state index contributed by atoms with van der Waals surface area (Å²) in [6.07, 6.45) is 3.69. The topological polar surface area (TPSA) is 83.4 Å². The van der Waals surface area contributed by atoms with Crippen LogP contribution in [-0.2, 0) is 4.79 Å². The fourth-order valence-electron chi connectivity index (χ4n) is 2.28. The van der Waals surface area contributed by atoms with Crippen LogP contribution in [0.4, 0.5) is 0 Å². The van der Waals surface area contributed by atoms with Gasteiger partial charge in [0.05, 0.1) is 11.8 Å². The molecule has 1 aliphatic rings. The van der Waals surface area contributed by atoms with E-state index in [-0.39, 0.29) is 17.9 Å². The van der Waals surface area contributed by atoms with Gasteiger partial charge in [-0.15, -0.1) is 0 Å². The molecule has 0 bridgehead atoms. The molecular weight excluding hydrogens is 258 g/mol. The van der Waals surface area contributed by atoms with Crippen molar-refractivity contribution >= 4 is 11.8 Å². The molecule has 110 valence electrons. The highest BCUT2D eigenvalue weighted by Crippen LogP contribution is 2.10. The van der Waals surface area contributed by atoms with E-state index in [0.29, 0.717) is 11.5 Å². The molecule has 2 heterocycles. The van der Waals surface area contributed by atoms with Crippen LogP contribution >= 0.6 is 0 Å². The molecule has 1 aliphatic heterocycles. The van der Waals surface area contributed by atoms with Crippen molar-refractivity contribution < 1.29 is 14.0 Å². The third kappa shape index (κ3) is 3.60. The van der Waals surface area contributed by atoms with E-state index < -0.39 is 6.04 Å². The number of amides is 2. The second-order valence-electron chi connectivity index (χ2n) is 5.29. The van der Waals surface area contributed by atoms with E-state index in [0.717, 1.165) is 19.5 Å². The van der Waals surface area contributed by atoms with Gasteiger partial charge in [-0.1, -0.05) is 6.92 Å². The lowest BCUT2D eigenvalue weighted by molar-refractivity contribution is -0.123. The molecule has 3 unspecified atom stereocenters. The standard InChI is InChI=1S/C14H21N3O3/c1-9-7-15-5-3-12(9)17-13(18)10(2)16-14(19)11-4-6-20-8-11/h4,6,8-10,12,15H,3,5,7H2,1-2H3,(H,16,19)(H,17,18). The van der Waals surface area contributed by atoms with Crippen molar-refractivity contribution in [1.29, 1.82) is 0 Å². The maximum Gasteiger partial charge on any atom is 0.255 e. The summed E-state index contributed by atoms with van der Waals surface area (Å²) in [6, 6.07) is 1.16. The Morgan fingerprint density at radius 2 is 2.30 bits per heavy atom. The largest absolute Gasteiger partial charge is 0.472 e. The first kappa shape index (κ1) is 14.6. The van der Waals surface area contributed by atoms with Gasteiger partial charge in [-0.3, -0.25) is 9.59 Å². The Bertz CT molecular complexity index is 458. The molecule has 0 aliphatic carbocycles. The number of rotatable bonds is 4. The molecule has 0 saturated carbocycles. The van der Waals surface area contributed by atoms with E-state index >= 15 is 0 Å². The number of carbonyl (C=O) groups is 2. The normalized spacial score (nSPS) is 23.9. The average Bonchev–Trinajstić information content (AvgIpc) is 2.95. The molecule has 3 atom stereocenters. The first-order valence-corrected chi connectivity index (χ1v) is 6.92. The summed E-state index contributed by atoms with van der Waals surface area (Å²) < 4.78 is 4.84. The van der Waals surface area contributed by atoms with Crippen LogP contribution < -0.4 is 16.0 Å². The average molecular weight is 279 g/mol. The van der Waals surface area contributed by atoms with Crippen molar-refractivity contribution in [3.63, 3.8) is 0 Å². The molecule has 20 heavy (non-hydrogen) atoms. The molecule has 6 nitrogen and oxygen atoms in total. The first-order chi connectivity index (χ1) is 9.58. The zero-order valence-electron chi connectivity index (χ0n) is 11.8. The lowest BCUT2D eigenvalue weighted by Gasteiger charge is -2.31. The predicted octanol–water partition coefficient (Wildman–Crippen LogP) is 0.512. The van der Waals surface area contributed by atoms with E-state index in [1.165, 1.54) is 12.5 Å². The zero-order chi connectivity index (χ0) is 14.5. The number of nitrogens with one attached hydrogen (secondary N) is 3. The van der Waals surface area contributed by atoms with Crippen LogP contribution in [0.5, 0.6) is 0 Å². The molecule has 0 spiro atoms. The molecule has 2 rings (SSSR count). The summed E-state index contributed by atoms with van der Waals surface area (Å²) in [5.41, 5.74) is 0.417. The van der Waals surface area contributed by atoms with Crippen LogP contribution in [0, 0.1) is 5.92 Å². The van der Waals surface area contributed by atoms with E-state index in [1.54, 1.807) is 13.0 Å². The molecule has 1 aromatic rings. The van der Waals surface area contributed by atoms with Crippen molar-refractivity contribution in [2.75, 3.05) is 13.1 Å². The Hall–Kier alpha value is -1.82. The number of furan rings is 1. The molecule has 6 heteroatoms. The summed E-state index contributed by atoms with van der Waals surface area (Å²) >= 11 is 0. The van der Waals surface area contributed by atoms with Gasteiger partial charge < -0.3 is 20.4 Å². The fourth-order valence-corrected chi connectivity index (χ4v) is 2.28. The van der Waals surface area contributed by atoms with E-state index in [4.69, 9.17) is 4.42 Å². The van der Waals surface area contributed by atoms with E-state index in [2.05, 4.69) is 22.9 Å². The summed E-state index contributed by atoms with van der Waals surface area (Å²) in [5, 5.41) is 8.95. The molecule has 2 amide bonds. The van der Waals surface area contributed by atoms with Crippen molar-refractivity contribution in [3.05, 3.63) is 24.2 Å². The third-order valence-electron chi connectivity index (χ3n) is 3.64. The van der Waals surface area contributed by atoms with Crippen LogP contribution in [0.15, 0.2) is 23.0 Å². The molecule has 3 N–H and O–H groups in total. The number of hydrogen-bond donors (Lipinski definition) is 3. The number of piperidine rings is 1.